The number of hydrogen-bond donors (Lipinski definition) is 2. The zero-order valence-electron chi connectivity index (χ0n) is 14.4. The molecule has 1 aromatic carbocycles. The Morgan fingerprint density at radius 3 is 2.43 bits per heavy atom. The van der Waals surface area contributed by atoms with Crippen molar-refractivity contribution < 1.29 is 9.84 Å². The lowest BCUT2D eigenvalue weighted by Crippen LogP contribution is -2.35. The molecule has 0 bridgehead atoms. The molecule has 3 nitrogen and oxygen atoms in total. The number of rotatable bonds is 7. The average molecular weight is 293 g/mol. The summed E-state index contributed by atoms with van der Waals surface area (Å²) in [6.07, 6.45) is 0.524. The second kappa shape index (κ2) is 7.81. The standard InChI is InChI=1S/C18H31NO2/c1-7-14-8-9-17(16(10-14)18(4,5)6)21-12-15(20)11-19-13(2)3/h8-10,13,15,19-20H,7,11-12H2,1-6H3. The van der Waals surface area contributed by atoms with Crippen LogP contribution in [-0.4, -0.2) is 30.4 Å². The number of aliphatic hydroxyl groups is 1. The minimum absolute atomic E-state index is 0.0294. The first-order valence-electron chi connectivity index (χ1n) is 7.91. The third-order valence-electron chi connectivity index (χ3n) is 3.45. The first kappa shape index (κ1) is 18.0. The Morgan fingerprint density at radius 1 is 1.24 bits per heavy atom. The SMILES string of the molecule is CCc1ccc(OCC(O)CNC(C)C)c(C(C)(C)C)c1. The van der Waals surface area contributed by atoms with Gasteiger partial charge >= 0.3 is 0 Å². The van der Waals surface area contributed by atoms with Gasteiger partial charge in [0.25, 0.3) is 0 Å². The van der Waals surface area contributed by atoms with E-state index in [4.69, 9.17) is 4.74 Å². The molecule has 3 heteroatoms. The highest BCUT2D eigenvalue weighted by molar-refractivity contribution is 5.41. The van der Waals surface area contributed by atoms with E-state index in [9.17, 15) is 5.11 Å². The molecule has 0 amide bonds. The van der Waals surface area contributed by atoms with Gasteiger partial charge < -0.3 is 15.2 Å². The topological polar surface area (TPSA) is 41.5 Å². The van der Waals surface area contributed by atoms with E-state index in [2.05, 4.69) is 59.0 Å². The van der Waals surface area contributed by atoms with Crippen LogP contribution in [0.2, 0.25) is 0 Å². The van der Waals surface area contributed by atoms with Crippen LogP contribution in [0.4, 0.5) is 0 Å². The summed E-state index contributed by atoms with van der Waals surface area (Å²) in [5, 5.41) is 13.2. The van der Waals surface area contributed by atoms with Gasteiger partial charge in [0.05, 0.1) is 0 Å². The van der Waals surface area contributed by atoms with Crippen LogP contribution in [0.25, 0.3) is 0 Å². The van der Waals surface area contributed by atoms with Gasteiger partial charge in [-0.2, -0.15) is 0 Å². The number of ether oxygens (including phenoxy) is 1. The normalized spacial score (nSPS) is 13.5. The summed E-state index contributed by atoms with van der Waals surface area (Å²) >= 11 is 0. The highest BCUT2D eigenvalue weighted by Crippen LogP contribution is 2.32. The monoisotopic (exact) mass is 293 g/mol. The number of aryl methyl sites for hydroxylation is 1. The minimum atomic E-state index is -0.494. The molecule has 1 atom stereocenters. The van der Waals surface area contributed by atoms with Crippen molar-refractivity contribution in [3.8, 4) is 5.75 Å². The van der Waals surface area contributed by atoms with E-state index >= 15 is 0 Å². The number of benzene rings is 1. The number of aliphatic hydroxyl groups excluding tert-OH is 1. The minimum Gasteiger partial charge on any atom is -0.491 e. The molecule has 0 radical (unpaired) electrons. The zero-order valence-corrected chi connectivity index (χ0v) is 14.4. The maximum Gasteiger partial charge on any atom is 0.123 e. The predicted octanol–water partition coefficient (Wildman–Crippen LogP) is 3.28. The third-order valence-corrected chi connectivity index (χ3v) is 3.45. The molecule has 0 saturated heterocycles. The summed E-state index contributed by atoms with van der Waals surface area (Å²) in [4.78, 5) is 0. The van der Waals surface area contributed by atoms with Crippen LogP contribution >= 0.6 is 0 Å². The van der Waals surface area contributed by atoms with Gasteiger partial charge in [-0.1, -0.05) is 53.7 Å². The summed E-state index contributed by atoms with van der Waals surface area (Å²) < 4.78 is 5.87. The Kier molecular flexibility index (Phi) is 6.69. The van der Waals surface area contributed by atoms with Crippen molar-refractivity contribution in [2.75, 3.05) is 13.2 Å². The van der Waals surface area contributed by atoms with E-state index in [1.165, 1.54) is 11.1 Å². The fraction of sp³-hybridized carbons (Fsp3) is 0.667. The van der Waals surface area contributed by atoms with Crippen molar-refractivity contribution >= 4 is 0 Å². The molecular formula is C18H31NO2. The van der Waals surface area contributed by atoms with Gasteiger partial charge in [0, 0.05) is 12.6 Å². The van der Waals surface area contributed by atoms with E-state index in [1.54, 1.807) is 0 Å². The highest BCUT2D eigenvalue weighted by atomic mass is 16.5. The molecule has 0 aromatic heterocycles. The quantitative estimate of drug-likeness (QED) is 0.810. The summed E-state index contributed by atoms with van der Waals surface area (Å²) in [6.45, 7) is 13.7. The van der Waals surface area contributed by atoms with Gasteiger partial charge in [-0.3, -0.25) is 0 Å². The molecule has 2 N–H and O–H groups in total. The van der Waals surface area contributed by atoms with Gasteiger partial charge in [-0.25, -0.2) is 0 Å². The van der Waals surface area contributed by atoms with E-state index in [0.29, 0.717) is 19.2 Å². The Bertz CT molecular complexity index is 435. The molecular weight excluding hydrogens is 262 g/mol. The second-order valence-electron chi connectivity index (χ2n) is 6.96. The largest absolute Gasteiger partial charge is 0.491 e. The molecule has 1 aromatic rings. The number of hydrogen-bond acceptors (Lipinski definition) is 3. The Hall–Kier alpha value is -1.06. The van der Waals surface area contributed by atoms with E-state index in [-0.39, 0.29) is 5.41 Å². The first-order chi connectivity index (χ1) is 9.74. The van der Waals surface area contributed by atoms with Gasteiger partial charge in [0.1, 0.15) is 18.5 Å². The molecule has 1 rings (SSSR count). The lowest BCUT2D eigenvalue weighted by Gasteiger charge is -2.24. The fourth-order valence-corrected chi connectivity index (χ4v) is 2.13. The second-order valence-corrected chi connectivity index (χ2v) is 6.96. The lowest BCUT2D eigenvalue weighted by atomic mass is 9.85. The van der Waals surface area contributed by atoms with Crippen molar-refractivity contribution in [1.82, 2.24) is 5.32 Å². The van der Waals surface area contributed by atoms with Crippen LogP contribution in [0, 0.1) is 0 Å². The van der Waals surface area contributed by atoms with Crippen LogP contribution < -0.4 is 10.1 Å². The molecule has 0 aliphatic heterocycles. The molecule has 1 unspecified atom stereocenters. The van der Waals surface area contributed by atoms with Crippen LogP contribution in [0.5, 0.6) is 5.75 Å². The zero-order chi connectivity index (χ0) is 16.0. The van der Waals surface area contributed by atoms with Crippen molar-refractivity contribution in [2.45, 2.75) is 65.5 Å². The Morgan fingerprint density at radius 2 is 1.90 bits per heavy atom. The maximum atomic E-state index is 9.97. The van der Waals surface area contributed by atoms with E-state index in [0.717, 1.165) is 12.2 Å². The van der Waals surface area contributed by atoms with Crippen LogP contribution in [-0.2, 0) is 11.8 Å². The molecule has 21 heavy (non-hydrogen) atoms. The molecule has 0 spiro atoms. The molecule has 0 saturated carbocycles. The van der Waals surface area contributed by atoms with Crippen molar-refractivity contribution in [3.05, 3.63) is 29.3 Å². The molecule has 0 fully saturated rings. The molecule has 0 heterocycles. The summed E-state index contributed by atoms with van der Waals surface area (Å²) in [6, 6.07) is 6.72. The predicted molar refractivity (Wildman–Crippen MR) is 89.2 cm³/mol. The molecule has 0 aliphatic rings. The van der Waals surface area contributed by atoms with Gasteiger partial charge in [0.2, 0.25) is 0 Å². The molecule has 0 aliphatic carbocycles. The van der Waals surface area contributed by atoms with Gasteiger partial charge in [-0.15, -0.1) is 0 Å². The number of nitrogens with one attached hydrogen (secondary N) is 1. The Balaban J connectivity index is 2.74. The smallest absolute Gasteiger partial charge is 0.123 e. The van der Waals surface area contributed by atoms with Crippen LogP contribution in [0.15, 0.2) is 18.2 Å². The summed E-state index contributed by atoms with van der Waals surface area (Å²) in [5.74, 6) is 0.878. The van der Waals surface area contributed by atoms with Crippen molar-refractivity contribution in [1.29, 1.82) is 0 Å². The first-order valence-corrected chi connectivity index (χ1v) is 7.91. The maximum absolute atomic E-state index is 9.97. The van der Waals surface area contributed by atoms with Gasteiger partial charge in [-0.05, 0) is 29.0 Å². The van der Waals surface area contributed by atoms with E-state index < -0.39 is 6.10 Å². The van der Waals surface area contributed by atoms with Crippen molar-refractivity contribution in [2.24, 2.45) is 0 Å². The van der Waals surface area contributed by atoms with Crippen molar-refractivity contribution in [3.63, 3.8) is 0 Å². The van der Waals surface area contributed by atoms with Gasteiger partial charge in [0.15, 0.2) is 0 Å². The molecule has 120 valence electrons. The Labute approximate surface area is 129 Å². The van der Waals surface area contributed by atoms with E-state index in [1.807, 2.05) is 6.07 Å². The average Bonchev–Trinajstić information content (AvgIpc) is 2.41. The third kappa shape index (κ3) is 6.06. The fourth-order valence-electron chi connectivity index (χ4n) is 2.13. The summed E-state index contributed by atoms with van der Waals surface area (Å²) in [5.41, 5.74) is 2.54. The highest BCUT2D eigenvalue weighted by Gasteiger charge is 2.20. The van der Waals surface area contributed by atoms with Crippen LogP contribution in [0.3, 0.4) is 0 Å². The summed E-state index contributed by atoms with van der Waals surface area (Å²) in [7, 11) is 0. The lowest BCUT2D eigenvalue weighted by molar-refractivity contribution is 0.103. The van der Waals surface area contributed by atoms with Crippen LogP contribution in [0.1, 0.15) is 52.7 Å².